The van der Waals surface area contributed by atoms with Crippen LogP contribution in [0, 0.1) is 5.82 Å². The summed E-state index contributed by atoms with van der Waals surface area (Å²) in [6, 6.07) is 5.76. The molecule has 0 fully saturated rings. The Morgan fingerprint density at radius 1 is 1.35 bits per heavy atom. The molecule has 2 rings (SSSR count). The molecule has 0 atom stereocenters. The van der Waals surface area contributed by atoms with Gasteiger partial charge < -0.3 is 10.1 Å². The highest BCUT2D eigenvalue weighted by molar-refractivity contribution is 6.30. The highest BCUT2D eigenvalue weighted by atomic mass is 35.5. The Kier molecular flexibility index (Phi) is 3.39. The van der Waals surface area contributed by atoms with Gasteiger partial charge in [0.1, 0.15) is 11.6 Å². The fourth-order valence-electron chi connectivity index (χ4n) is 1.18. The van der Waals surface area contributed by atoms with E-state index in [2.05, 4.69) is 15.3 Å². The Bertz CT molecular complexity index is 536. The highest BCUT2D eigenvalue weighted by Crippen LogP contribution is 2.24. The van der Waals surface area contributed by atoms with E-state index >= 15 is 0 Å². The molecule has 0 radical (unpaired) electrons. The standard InChI is InChI=1S/C11H9ClFN3O/c1-14-11-15-5-4-10(16-11)17-7-2-3-8(12)9(13)6-7/h2-6H,1H3,(H,14,15,16). The largest absolute Gasteiger partial charge is 0.439 e. The van der Waals surface area contributed by atoms with Crippen molar-refractivity contribution in [2.45, 2.75) is 0 Å². The van der Waals surface area contributed by atoms with Crippen LogP contribution in [0.3, 0.4) is 0 Å². The number of nitrogens with one attached hydrogen (secondary N) is 1. The predicted molar refractivity (Wildman–Crippen MR) is 63.1 cm³/mol. The topological polar surface area (TPSA) is 47.0 Å². The lowest BCUT2D eigenvalue weighted by Gasteiger charge is -2.06. The van der Waals surface area contributed by atoms with E-state index in [-0.39, 0.29) is 5.02 Å². The van der Waals surface area contributed by atoms with Gasteiger partial charge in [0.25, 0.3) is 0 Å². The van der Waals surface area contributed by atoms with Gasteiger partial charge in [-0.3, -0.25) is 0 Å². The van der Waals surface area contributed by atoms with Crippen LogP contribution in [0.2, 0.25) is 5.02 Å². The lowest BCUT2D eigenvalue weighted by atomic mass is 10.3. The number of benzene rings is 1. The summed E-state index contributed by atoms with van der Waals surface area (Å²) in [5.74, 6) is 0.544. The zero-order chi connectivity index (χ0) is 12.3. The van der Waals surface area contributed by atoms with E-state index in [1.807, 2.05) is 0 Å². The minimum atomic E-state index is -0.535. The Morgan fingerprint density at radius 2 is 2.18 bits per heavy atom. The smallest absolute Gasteiger partial charge is 0.225 e. The molecular formula is C11H9ClFN3O. The van der Waals surface area contributed by atoms with Gasteiger partial charge in [-0.05, 0) is 12.1 Å². The average Bonchev–Trinajstić information content (AvgIpc) is 2.34. The lowest BCUT2D eigenvalue weighted by molar-refractivity contribution is 0.457. The molecule has 0 spiro atoms. The van der Waals surface area contributed by atoms with Gasteiger partial charge in [-0.15, -0.1) is 0 Å². The summed E-state index contributed by atoms with van der Waals surface area (Å²) in [5.41, 5.74) is 0. The van der Waals surface area contributed by atoms with E-state index < -0.39 is 5.82 Å². The molecule has 0 aliphatic rings. The Morgan fingerprint density at radius 3 is 2.88 bits per heavy atom. The highest BCUT2D eigenvalue weighted by Gasteiger charge is 2.04. The average molecular weight is 254 g/mol. The maximum Gasteiger partial charge on any atom is 0.225 e. The molecule has 4 nitrogen and oxygen atoms in total. The normalized spacial score (nSPS) is 10.1. The molecule has 0 saturated carbocycles. The van der Waals surface area contributed by atoms with E-state index in [0.717, 1.165) is 0 Å². The van der Waals surface area contributed by atoms with E-state index in [1.54, 1.807) is 25.4 Å². The lowest BCUT2D eigenvalue weighted by Crippen LogP contribution is -1.97. The summed E-state index contributed by atoms with van der Waals surface area (Å²) < 4.78 is 18.5. The van der Waals surface area contributed by atoms with Crippen LogP contribution < -0.4 is 10.1 Å². The SMILES string of the molecule is CNc1nccc(Oc2ccc(Cl)c(F)c2)n1. The van der Waals surface area contributed by atoms with Crippen molar-refractivity contribution in [2.24, 2.45) is 0 Å². The minimum absolute atomic E-state index is 0.0518. The first kappa shape index (κ1) is 11.6. The third-order valence-electron chi connectivity index (χ3n) is 1.97. The van der Waals surface area contributed by atoms with Crippen molar-refractivity contribution >= 4 is 17.5 Å². The van der Waals surface area contributed by atoms with E-state index in [1.165, 1.54) is 12.1 Å². The summed E-state index contributed by atoms with van der Waals surface area (Å²) in [7, 11) is 1.70. The van der Waals surface area contributed by atoms with Crippen molar-refractivity contribution in [1.29, 1.82) is 0 Å². The zero-order valence-electron chi connectivity index (χ0n) is 8.95. The predicted octanol–water partition coefficient (Wildman–Crippen LogP) is 3.10. The third-order valence-corrected chi connectivity index (χ3v) is 2.27. The fraction of sp³-hybridized carbons (Fsp3) is 0.0909. The van der Waals surface area contributed by atoms with Gasteiger partial charge in [-0.1, -0.05) is 11.6 Å². The van der Waals surface area contributed by atoms with Crippen molar-refractivity contribution in [3.63, 3.8) is 0 Å². The summed E-state index contributed by atoms with van der Waals surface area (Å²) in [4.78, 5) is 7.97. The van der Waals surface area contributed by atoms with Crippen molar-refractivity contribution in [1.82, 2.24) is 9.97 Å². The van der Waals surface area contributed by atoms with Crippen LogP contribution in [0.15, 0.2) is 30.5 Å². The van der Waals surface area contributed by atoms with Gasteiger partial charge >= 0.3 is 0 Å². The number of halogens is 2. The third kappa shape index (κ3) is 2.82. The van der Waals surface area contributed by atoms with Crippen molar-refractivity contribution in [3.8, 4) is 11.6 Å². The molecule has 1 N–H and O–H groups in total. The van der Waals surface area contributed by atoms with E-state index in [9.17, 15) is 4.39 Å². The van der Waals surface area contributed by atoms with Gasteiger partial charge in [0, 0.05) is 25.4 Å². The van der Waals surface area contributed by atoms with Crippen LogP contribution in [0.25, 0.3) is 0 Å². The molecule has 0 saturated heterocycles. The number of hydrogen-bond acceptors (Lipinski definition) is 4. The molecule has 0 unspecified atom stereocenters. The van der Waals surface area contributed by atoms with Crippen LogP contribution in [0.5, 0.6) is 11.6 Å². The second-order valence-electron chi connectivity index (χ2n) is 3.15. The summed E-state index contributed by atoms with van der Waals surface area (Å²) >= 11 is 5.57. The first-order valence-electron chi connectivity index (χ1n) is 4.83. The molecule has 6 heteroatoms. The van der Waals surface area contributed by atoms with Crippen LogP contribution in [-0.2, 0) is 0 Å². The Balaban J connectivity index is 2.22. The summed E-state index contributed by atoms with van der Waals surface area (Å²) in [6.07, 6.45) is 1.54. The molecule has 1 aromatic carbocycles. The Labute approximate surface area is 102 Å². The molecule has 2 aromatic rings. The van der Waals surface area contributed by atoms with Gasteiger partial charge in [0.05, 0.1) is 5.02 Å². The maximum atomic E-state index is 13.2. The molecule has 0 aliphatic carbocycles. The number of nitrogens with zero attached hydrogens (tertiary/aromatic N) is 2. The number of aromatic nitrogens is 2. The van der Waals surface area contributed by atoms with Crippen LogP contribution >= 0.6 is 11.6 Å². The van der Waals surface area contributed by atoms with Gasteiger partial charge in [0.2, 0.25) is 11.8 Å². The molecular weight excluding hydrogens is 245 g/mol. The second-order valence-corrected chi connectivity index (χ2v) is 3.55. The number of hydrogen-bond donors (Lipinski definition) is 1. The zero-order valence-corrected chi connectivity index (χ0v) is 9.70. The maximum absolute atomic E-state index is 13.2. The minimum Gasteiger partial charge on any atom is -0.439 e. The molecule has 0 bridgehead atoms. The van der Waals surface area contributed by atoms with E-state index in [0.29, 0.717) is 17.6 Å². The molecule has 1 heterocycles. The molecule has 17 heavy (non-hydrogen) atoms. The van der Waals surface area contributed by atoms with Crippen molar-refractivity contribution in [3.05, 3.63) is 41.3 Å². The van der Waals surface area contributed by atoms with Gasteiger partial charge in [-0.2, -0.15) is 4.98 Å². The second kappa shape index (κ2) is 4.97. The first-order valence-corrected chi connectivity index (χ1v) is 5.20. The van der Waals surface area contributed by atoms with E-state index in [4.69, 9.17) is 16.3 Å². The van der Waals surface area contributed by atoms with Crippen LogP contribution in [0.4, 0.5) is 10.3 Å². The molecule has 0 aliphatic heterocycles. The summed E-state index contributed by atoms with van der Waals surface area (Å²) in [5, 5.41) is 2.83. The van der Waals surface area contributed by atoms with Crippen molar-refractivity contribution in [2.75, 3.05) is 12.4 Å². The quantitative estimate of drug-likeness (QED) is 0.913. The van der Waals surface area contributed by atoms with Crippen molar-refractivity contribution < 1.29 is 9.13 Å². The molecule has 88 valence electrons. The van der Waals surface area contributed by atoms with Gasteiger partial charge in [0.15, 0.2) is 0 Å². The first-order chi connectivity index (χ1) is 8.19. The number of rotatable bonds is 3. The van der Waals surface area contributed by atoms with Crippen LogP contribution in [-0.4, -0.2) is 17.0 Å². The molecule has 1 aromatic heterocycles. The van der Waals surface area contributed by atoms with Gasteiger partial charge in [-0.25, -0.2) is 9.37 Å². The Hall–Kier alpha value is -1.88. The van der Waals surface area contributed by atoms with Crippen LogP contribution in [0.1, 0.15) is 0 Å². The number of ether oxygens (including phenoxy) is 1. The monoisotopic (exact) mass is 253 g/mol. The number of anilines is 1. The molecule has 0 amide bonds. The fourth-order valence-corrected chi connectivity index (χ4v) is 1.30. The summed E-state index contributed by atoms with van der Waals surface area (Å²) in [6.45, 7) is 0.